The van der Waals surface area contributed by atoms with Crippen molar-refractivity contribution in [1.82, 2.24) is 0 Å². The lowest BCUT2D eigenvalue weighted by Crippen LogP contribution is -1.98. The van der Waals surface area contributed by atoms with Gasteiger partial charge in [-0.1, -0.05) is 65.5 Å². The summed E-state index contributed by atoms with van der Waals surface area (Å²) in [4.78, 5) is 0.135. The summed E-state index contributed by atoms with van der Waals surface area (Å²) in [6.07, 6.45) is 0. The van der Waals surface area contributed by atoms with Crippen LogP contribution < -0.4 is 0 Å². The molecule has 0 fully saturated rings. The van der Waals surface area contributed by atoms with E-state index in [-0.39, 0.29) is 4.83 Å². The summed E-state index contributed by atoms with van der Waals surface area (Å²) < 4.78 is 2.16. The first kappa shape index (κ1) is 15.6. The van der Waals surface area contributed by atoms with Crippen LogP contribution in [0.2, 0.25) is 5.02 Å². The minimum atomic E-state index is 0.135. The highest BCUT2D eigenvalue weighted by atomic mass is 79.9. The van der Waals surface area contributed by atoms with E-state index >= 15 is 0 Å². The van der Waals surface area contributed by atoms with Crippen LogP contribution in [0.15, 0.2) is 39.3 Å². The standard InChI is InChI=1S/C15H12Br3Cl/c1-8-6-14(19)9(2)5-11(8)15(18)12-7-10(16)3-4-13(12)17/h3-7,15H,1-2H3. The Labute approximate surface area is 143 Å². The van der Waals surface area contributed by atoms with Gasteiger partial charge in [0, 0.05) is 14.0 Å². The number of rotatable bonds is 2. The topological polar surface area (TPSA) is 0 Å². The van der Waals surface area contributed by atoms with E-state index in [1.54, 1.807) is 0 Å². The van der Waals surface area contributed by atoms with Crippen LogP contribution in [-0.2, 0) is 0 Å². The minimum Gasteiger partial charge on any atom is -0.0840 e. The fraction of sp³-hybridized carbons (Fsp3) is 0.200. The maximum absolute atomic E-state index is 6.16. The predicted molar refractivity (Wildman–Crippen MR) is 93.5 cm³/mol. The summed E-state index contributed by atoms with van der Waals surface area (Å²) in [6.45, 7) is 4.11. The Bertz CT molecular complexity index is 623. The zero-order valence-corrected chi connectivity index (χ0v) is 16.0. The first-order valence-corrected chi connectivity index (χ1v) is 8.63. The summed E-state index contributed by atoms with van der Waals surface area (Å²) in [7, 11) is 0. The third kappa shape index (κ3) is 3.44. The Hall–Kier alpha value is 0.170. The summed E-state index contributed by atoms with van der Waals surface area (Å²) in [5.41, 5.74) is 4.71. The number of hydrogen-bond acceptors (Lipinski definition) is 0. The van der Waals surface area contributed by atoms with E-state index in [0.29, 0.717) is 0 Å². The number of aryl methyl sites for hydroxylation is 2. The molecule has 0 aliphatic heterocycles. The van der Waals surface area contributed by atoms with Crippen LogP contribution in [0.4, 0.5) is 0 Å². The van der Waals surface area contributed by atoms with Crippen molar-refractivity contribution in [1.29, 1.82) is 0 Å². The molecule has 2 aromatic carbocycles. The number of hydrogen-bond donors (Lipinski definition) is 0. The van der Waals surface area contributed by atoms with Gasteiger partial charge in [0.05, 0.1) is 4.83 Å². The van der Waals surface area contributed by atoms with Gasteiger partial charge in [0.25, 0.3) is 0 Å². The van der Waals surface area contributed by atoms with Gasteiger partial charge in [-0.25, -0.2) is 0 Å². The highest BCUT2D eigenvalue weighted by Crippen LogP contribution is 2.39. The number of alkyl halides is 1. The molecule has 2 aromatic rings. The highest BCUT2D eigenvalue weighted by molar-refractivity contribution is 9.11. The average Bonchev–Trinajstić information content (AvgIpc) is 2.36. The van der Waals surface area contributed by atoms with Crippen LogP contribution in [0.1, 0.15) is 27.1 Å². The van der Waals surface area contributed by atoms with Gasteiger partial charge in [0.2, 0.25) is 0 Å². The Morgan fingerprint density at radius 2 is 1.63 bits per heavy atom. The molecule has 0 aliphatic carbocycles. The van der Waals surface area contributed by atoms with Crippen molar-refractivity contribution in [2.45, 2.75) is 18.7 Å². The lowest BCUT2D eigenvalue weighted by Gasteiger charge is -2.17. The van der Waals surface area contributed by atoms with Gasteiger partial charge in [-0.05, 0) is 60.4 Å². The largest absolute Gasteiger partial charge is 0.0840 e. The molecule has 0 spiro atoms. The van der Waals surface area contributed by atoms with E-state index in [1.165, 1.54) is 16.7 Å². The quantitative estimate of drug-likeness (QED) is 0.419. The zero-order valence-electron chi connectivity index (χ0n) is 10.5. The Kier molecular flexibility index (Phi) is 5.15. The number of halogens is 4. The average molecular weight is 467 g/mol. The van der Waals surface area contributed by atoms with Crippen molar-refractivity contribution >= 4 is 59.4 Å². The molecular weight excluding hydrogens is 455 g/mol. The molecule has 1 unspecified atom stereocenters. The lowest BCUT2D eigenvalue weighted by molar-refractivity contribution is 1.12. The van der Waals surface area contributed by atoms with Gasteiger partial charge in [-0.2, -0.15) is 0 Å². The van der Waals surface area contributed by atoms with Crippen LogP contribution >= 0.6 is 59.4 Å². The normalized spacial score (nSPS) is 12.5. The molecule has 0 heterocycles. The molecule has 0 amide bonds. The molecule has 0 saturated carbocycles. The molecule has 19 heavy (non-hydrogen) atoms. The second-order valence-electron chi connectivity index (χ2n) is 4.49. The lowest BCUT2D eigenvalue weighted by atomic mass is 9.98. The van der Waals surface area contributed by atoms with Gasteiger partial charge in [-0.15, -0.1) is 0 Å². The van der Waals surface area contributed by atoms with Gasteiger partial charge >= 0.3 is 0 Å². The third-order valence-corrected chi connectivity index (χ3v) is 5.66. The minimum absolute atomic E-state index is 0.135. The van der Waals surface area contributed by atoms with E-state index < -0.39 is 0 Å². The molecule has 0 nitrogen and oxygen atoms in total. The fourth-order valence-electron chi connectivity index (χ4n) is 1.95. The molecule has 0 aromatic heterocycles. The van der Waals surface area contributed by atoms with Crippen LogP contribution in [0.5, 0.6) is 0 Å². The SMILES string of the molecule is Cc1cc(C(Br)c2cc(Br)ccc2Br)c(C)cc1Cl. The molecule has 0 N–H and O–H groups in total. The summed E-state index contributed by atoms with van der Waals surface area (Å²) in [5, 5.41) is 0.814. The van der Waals surface area contributed by atoms with Crippen molar-refractivity contribution in [2.75, 3.05) is 0 Å². The van der Waals surface area contributed by atoms with E-state index in [1.807, 2.05) is 25.1 Å². The van der Waals surface area contributed by atoms with E-state index in [0.717, 1.165) is 19.5 Å². The molecular formula is C15H12Br3Cl. The second-order valence-corrected chi connectivity index (χ2v) is 7.58. The maximum atomic E-state index is 6.16. The van der Waals surface area contributed by atoms with Crippen molar-refractivity contribution in [3.8, 4) is 0 Å². The molecule has 1 atom stereocenters. The first-order valence-electron chi connectivity index (χ1n) is 5.76. The van der Waals surface area contributed by atoms with Crippen molar-refractivity contribution in [3.05, 3.63) is 66.6 Å². The van der Waals surface area contributed by atoms with Crippen molar-refractivity contribution < 1.29 is 0 Å². The van der Waals surface area contributed by atoms with E-state index in [2.05, 4.69) is 66.8 Å². The van der Waals surface area contributed by atoms with Gasteiger partial charge in [0.1, 0.15) is 0 Å². The summed E-state index contributed by atoms with van der Waals surface area (Å²) in [5.74, 6) is 0. The molecule has 4 heteroatoms. The van der Waals surface area contributed by atoms with Gasteiger partial charge < -0.3 is 0 Å². The van der Waals surface area contributed by atoms with Crippen LogP contribution in [0.3, 0.4) is 0 Å². The highest BCUT2D eigenvalue weighted by Gasteiger charge is 2.17. The van der Waals surface area contributed by atoms with Crippen LogP contribution in [-0.4, -0.2) is 0 Å². The molecule has 0 radical (unpaired) electrons. The van der Waals surface area contributed by atoms with Crippen molar-refractivity contribution in [2.24, 2.45) is 0 Å². The second kappa shape index (κ2) is 6.30. The summed E-state index contributed by atoms with van der Waals surface area (Å²) >= 11 is 17.1. The summed E-state index contributed by atoms with van der Waals surface area (Å²) in [6, 6.07) is 10.3. The molecule has 0 bridgehead atoms. The van der Waals surface area contributed by atoms with Gasteiger partial charge in [-0.3, -0.25) is 0 Å². The smallest absolute Gasteiger partial charge is 0.0658 e. The van der Waals surface area contributed by atoms with Gasteiger partial charge in [0.15, 0.2) is 0 Å². The predicted octanol–water partition coefficient (Wildman–Crippen LogP) is 6.97. The fourth-order valence-corrected chi connectivity index (χ4v) is 4.20. The third-order valence-electron chi connectivity index (χ3n) is 3.05. The molecule has 2 rings (SSSR count). The van der Waals surface area contributed by atoms with Crippen molar-refractivity contribution in [3.63, 3.8) is 0 Å². The zero-order chi connectivity index (χ0) is 14.2. The maximum Gasteiger partial charge on any atom is 0.0658 e. The Morgan fingerprint density at radius 3 is 2.32 bits per heavy atom. The van der Waals surface area contributed by atoms with Crippen LogP contribution in [0, 0.1) is 13.8 Å². The van der Waals surface area contributed by atoms with E-state index in [4.69, 9.17) is 11.6 Å². The molecule has 0 aliphatic rings. The van der Waals surface area contributed by atoms with Crippen LogP contribution in [0.25, 0.3) is 0 Å². The Morgan fingerprint density at radius 1 is 0.947 bits per heavy atom. The molecule has 100 valence electrons. The monoisotopic (exact) mass is 464 g/mol. The number of benzene rings is 2. The Balaban J connectivity index is 2.52. The first-order chi connectivity index (χ1) is 8.90. The molecule has 0 saturated heterocycles. The van der Waals surface area contributed by atoms with E-state index in [9.17, 15) is 0 Å².